The SMILES string of the molecule is O=C(c1cccs1)N1CCN(S(=O)(=O)c2cc(C(F)(F)F)cc(C(F)(F)F)c2)CC1. The van der Waals surface area contributed by atoms with Crippen LogP contribution >= 0.6 is 11.3 Å². The minimum absolute atomic E-state index is 0.0406. The summed E-state index contributed by atoms with van der Waals surface area (Å²) in [7, 11) is -4.63. The summed E-state index contributed by atoms with van der Waals surface area (Å²) in [5.74, 6) is -0.319. The highest BCUT2D eigenvalue weighted by Crippen LogP contribution is 2.37. The normalized spacial score (nSPS) is 16.7. The summed E-state index contributed by atoms with van der Waals surface area (Å²) in [5, 5.41) is 1.69. The van der Waals surface area contributed by atoms with Gasteiger partial charge >= 0.3 is 12.4 Å². The molecule has 0 atom stereocenters. The van der Waals surface area contributed by atoms with Crippen LogP contribution in [0.4, 0.5) is 26.3 Å². The number of hydrogen-bond acceptors (Lipinski definition) is 4. The highest BCUT2D eigenvalue weighted by atomic mass is 32.2. The lowest BCUT2D eigenvalue weighted by Gasteiger charge is -2.34. The zero-order valence-electron chi connectivity index (χ0n) is 15.0. The van der Waals surface area contributed by atoms with Gasteiger partial charge in [-0.25, -0.2) is 8.42 Å². The number of rotatable bonds is 3. The second kappa shape index (κ2) is 7.85. The fraction of sp³-hybridized carbons (Fsp3) is 0.353. The number of thiophene rings is 1. The Morgan fingerprint density at radius 1 is 0.900 bits per heavy atom. The van der Waals surface area contributed by atoms with Gasteiger partial charge in [-0.15, -0.1) is 11.3 Å². The molecular weight excluding hydrogens is 458 g/mol. The number of sulfonamides is 1. The number of hydrogen-bond donors (Lipinski definition) is 0. The minimum atomic E-state index is -5.16. The average molecular weight is 472 g/mol. The van der Waals surface area contributed by atoms with Gasteiger partial charge in [0.2, 0.25) is 10.0 Å². The van der Waals surface area contributed by atoms with E-state index in [9.17, 15) is 39.6 Å². The lowest BCUT2D eigenvalue weighted by molar-refractivity contribution is -0.143. The Morgan fingerprint density at radius 2 is 1.43 bits per heavy atom. The Labute approximate surface area is 171 Å². The number of piperazine rings is 1. The van der Waals surface area contributed by atoms with Gasteiger partial charge in [0.15, 0.2) is 0 Å². The van der Waals surface area contributed by atoms with Gasteiger partial charge in [0.25, 0.3) is 5.91 Å². The summed E-state index contributed by atoms with van der Waals surface area (Å²) in [4.78, 5) is 13.0. The first kappa shape index (κ1) is 22.6. The molecule has 0 aliphatic carbocycles. The van der Waals surface area contributed by atoms with E-state index in [0.717, 1.165) is 4.31 Å². The maximum absolute atomic E-state index is 13.0. The van der Waals surface area contributed by atoms with E-state index in [1.54, 1.807) is 17.5 Å². The minimum Gasteiger partial charge on any atom is -0.335 e. The number of amides is 1. The van der Waals surface area contributed by atoms with Crippen molar-refractivity contribution in [3.05, 3.63) is 51.7 Å². The van der Waals surface area contributed by atoms with Crippen LogP contribution in [0.15, 0.2) is 40.6 Å². The predicted octanol–water partition coefficient (Wildman–Crippen LogP) is 3.93. The Bertz CT molecular complexity index is 992. The predicted molar refractivity (Wildman–Crippen MR) is 95.4 cm³/mol. The number of nitrogens with zero attached hydrogens (tertiary/aromatic N) is 2. The topological polar surface area (TPSA) is 57.7 Å². The molecule has 0 unspecified atom stereocenters. The molecule has 0 radical (unpaired) electrons. The van der Waals surface area contributed by atoms with E-state index in [1.165, 1.54) is 16.2 Å². The summed E-state index contributed by atoms with van der Waals surface area (Å²) in [6.07, 6.45) is -10.3. The second-order valence-corrected chi connectivity index (χ2v) is 9.30. The van der Waals surface area contributed by atoms with Crippen LogP contribution in [0, 0.1) is 0 Å². The van der Waals surface area contributed by atoms with Gasteiger partial charge in [-0.2, -0.15) is 30.6 Å². The highest BCUT2D eigenvalue weighted by Gasteiger charge is 2.39. The molecule has 5 nitrogen and oxygen atoms in total. The summed E-state index contributed by atoms with van der Waals surface area (Å²) < 4.78 is 104. The zero-order valence-corrected chi connectivity index (χ0v) is 16.6. The van der Waals surface area contributed by atoms with Crippen LogP contribution in [0.2, 0.25) is 0 Å². The molecule has 1 aliphatic heterocycles. The lowest BCUT2D eigenvalue weighted by atomic mass is 10.1. The molecule has 0 bridgehead atoms. The van der Waals surface area contributed by atoms with E-state index in [2.05, 4.69) is 0 Å². The van der Waals surface area contributed by atoms with Crippen LogP contribution in [-0.2, 0) is 22.4 Å². The first-order valence-corrected chi connectivity index (χ1v) is 10.7. The van der Waals surface area contributed by atoms with Crippen LogP contribution < -0.4 is 0 Å². The van der Waals surface area contributed by atoms with Crippen LogP contribution in [0.1, 0.15) is 20.8 Å². The van der Waals surface area contributed by atoms with Gasteiger partial charge < -0.3 is 4.90 Å². The quantitative estimate of drug-likeness (QED) is 0.637. The van der Waals surface area contributed by atoms with Crippen LogP contribution in [0.25, 0.3) is 0 Å². The molecule has 2 heterocycles. The number of carbonyl (C=O) groups is 1. The molecule has 3 rings (SSSR count). The molecule has 0 N–H and O–H groups in total. The Balaban J connectivity index is 1.86. The lowest BCUT2D eigenvalue weighted by Crippen LogP contribution is -2.50. The van der Waals surface area contributed by atoms with Gasteiger partial charge in [-0.1, -0.05) is 6.07 Å². The summed E-state index contributed by atoms with van der Waals surface area (Å²) in [6, 6.07) is 3.51. The number of halogens is 6. The van der Waals surface area contributed by atoms with E-state index >= 15 is 0 Å². The van der Waals surface area contributed by atoms with Crippen molar-refractivity contribution in [3.63, 3.8) is 0 Å². The number of benzene rings is 1. The maximum atomic E-state index is 13.0. The van der Waals surface area contributed by atoms with Gasteiger partial charge in [0.05, 0.1) is 20.9 Å². The van der Waals surface area contributed by atoms with Crippen LogP contribution in [-0.4, -0.2) is 49.7 Å². The highest BCUT2D eigenvalue weighted by molar-refractivity contribution is 7.89. The Morgan fingerprint density at radius 3 is 1.87 bits per heavy atom. The van der Waals surface area contributed by atoms with Gasteiger partial charge in [-0.3, -0.25) is 4.79 Å². The maximum Gasteiger partial charge on any atom is 0.416 e. The second-order valence-electron chi connectivity index (χ2n) is 6.42. The molecule has 1 fully saturated rings. The molecule has 30 heavy (non-hydrogen) atoms. The van der Waals surface area contributed by atoms with E-state index in [-0.39, 0.29) is 50.3 Å². The molecule has 2 aromatic rings. The van der Waals surface area contributed by atoms with Crippen molar-refractivity contribution in [1.82, 2.24) is 9.21 Å². The van der Waals surface area contributed by atoms with Crippen LogP contribution in [0.3, 0.4) is 0 Å². The van der Waals surface area contributed by atoms with E-state index in [4.69, 9.17) is 0 Å². The molecule has 1 aliphatic rings. The molecule has 164 valence electrons. The van der Waals surface area contributed by atoms with Crippen molar-refractivity contribution in [2.45, 2.75) is 17.2 Å². The van der Waals surface area contributed by atoms with Crippen molar-refractivity contribution in [3.8, 4) is 0 Å². The van der Waals surface area contributed by atoms with Gasteiger partial charge in [0.1, 0.15) is 0 Å². The first-order chi connectivity index (χ1) is 13.8. The van der Waals surface area contributed by atoms with Crippen molar-refractivity contribution < 1.29 is 39.6 Å². The molecule has 1 saturated heterocycles. The fourth-order valence-corrected chi connectivity index (χ4v) is 5.10. The molecule has 0 saturated carbocycles. The smallest absolute Gasteiger partial charge is 0.335 e. The Kier molecular flexibility index (Phi) is 5.91. The van der Waals surface area contributed by atoms with E-state index < -0.39 is 38.4 Å². The van der Waals surface area contributed by atoms with Gasteiger partial charge in [0, 0.05) is 26.2 Å². The average Bonchev–Trinajstić information content (AvgIpc) is 3.20. The third kappa shape index (κ3) is 4.62. The molecule has 1 aromatic carbocycles. The summed E-state index contributed by atoms with van der Waals surface area (Å²) >= 11 is 1.20. The van der Waals surface area contributed by atoms with Crippen molar-refractivity contribution in [2.75, 3.05) is 26.2 Å². The third-order valence-electron chi connectivity index (χ3n) is 4.46. The fourth-order valence-electron chi connectivity index (χ4n) is 2.91. The molecule has 13 heteroatoms. The van der Waals surface area contributed by atoms with E-state index in [1.807, 2.05) is 0 Å². The Hall–Kier alpha value is -2.12. The van der Waals surface area contributed by atoms with Crippen molar-refractivity contribution >= 4 is 27.3 Å². The van der Waals surface area contributed by atoms with Crippen LogP contribution in [0.5, 0.6) is 0 Å². The number of carbonyl (C=O) groups excluding carboxylic acids is 1. The van der Waals surface area contributed by atoms with Gasteiger partial charge in [-0.05, 0) is 29.6 Å². The molecule has 1 amide bonds. The molecule has 1 aromatic heterocycles. The zero-order chi connectivity index (χ0) is 22.3. The van der Waals surface area contributed by atoms with E-state index in [0.29, 0.717) is 4.88 Å². The number of alkyl halides is 6. The molecular formula is C17H14F6N2O3S2. The largest absolute Gasteiger partial charge is 0.416 e. The van der Waals surface area contributed by atoms with Crippen molar-refractivity contribution in [1.29, 1.82) is 0 Å². The monoisotopic (exact) mass is 472 g/mol. The summed E-state index contributed by atoms with van der Waals surface area (Å²) in [5.41, 5.74) is -3.41. The first-order valence-electron chi connectivity index (χ1n) is 8.42. The van der Waals surface area contributed by atoms with Crippen molar-refractivity contribution in [2.24, 2.45) is 0 Å². The standard InChI is InChI=1S/C17H14F6N2O3S2/c18-16(19,20)11-8-12(17(21,22)23)10-13(9-11)30(27,28)25-5-3-24(4-6-25)15(26)14-2-1-7-29-14/h1-2,7-10H,3-6H2. The molecule has 0 spiro atoms. The summed E-state index contributed by atoms with van der Waals surface area (Å²) in [6.45, 7) is -0.587. The third-order valence-corrected chi connectivity index (χ3v) is 7.19.